The van der Waals surface area contributed by atoms with Crippen LogP contribution >= 0.6 is 11.5 Å². The van der Waals surface area contributed by atoms with Crippen LogP contribution in [0.1, 0.15) is 42.2 Å². The van der Waals surface area contributed by atoms with Gasteiger partial charge in [-0.3, -0.25) is 4.79 Å². The SMILES string of the molecule is CCS(=O)(=O)Cc1ccc2c(C(=O)C[C@@H]3CN4CCC3CC4)nsc2c1. The Balaban J connectivity index is 1.52. The van der Waals surface area contributed by atoms with E-state index in [4.69, 9.17) is 0 Å². The van der Waals surface area contributed by atoms with E-state index in [1.165, 1.54) is 37.5 Å². The molecule has 3 fully saturated rings. The van der Waals surface area contributed by atoms with Gasteiger partial charge in [-0.1, -0.05) is 19.1 Å². The van der Waals surface area contributed by atoms with Gasteiger partial charge in [0.2, 0.25) is 0 Å². The average molecular weight is 393 g/mol. The van der Waals surface area contributed by atoms with Crippen LogP contribution in [0.4, 0.5) is 0 Å². The van der Waals surface area contributed by atoms with Gasteiger partial charge in [-0.2, -0.15) is 4.37 Å². The number of benzene rings is 1. The van der Waals surface area contributed by atoms with Gasteiger partial charge < -0.3 is 4.90 Å². The van der Waals surface area contributed by atoms with Crippen LogP contribution in [0.25, 0.3) is 10.1 Å². The van der Waals surface area contributed by atoms with E-state index in [1.807, 2.05) is 18.2 Å². The fourth-order valence-corrected chi connectivity index (χ4v) is 6.03. The number of fused-ring (bicyclic) bond motifs is 4. The molecule has 2 aromatic rings. The summed E-state index contributed by atoms with van der Waals surface area (Å²) in [5.74, 6) is 1.44. The molecule has 1 aromatic carbocycles. The van der Waals surface area contributed by atoms with Crippen molar-refractivity contribution in [3.8, 4) is 0 Å². The highest BCUT2D eigenvalue weighted by molar-refractivity contribution is 7.90. The summed E-state index contributed by atoms with van der Waals surface area (Å²) >= 11 is 1.29. The number of hydrogen-bond acceptors (Lipinski definition) is 6. The molecule has 140 valence electrons. The maximum Gasteiger partial charge on any atom is 0.183 e. The smallest absolute Gasteiger partial charge is 0.183 e. The van der Waals surface area contributed by atoms with E-state index in [0.717, 1.165) is 22.2 Å². The highest BCUT2D eigenvalue weighted by Crippen LogP contribution is 2.35. The van der Waals surface area contributed by atoms with Crippen molar-refractivity contribution >= 4 is 37.2 Å². The molecule has 26 heavy (non-hydrogen) atoms. The third-order valence-corrected chi connectivity index (χ3v) is 8.33. The molecule has 1 atom stereocenters. The molecule has 3 aliphatic rings. The van der Waals surface area contributed by atoms with Crippen molar-refractivity contribution in [2.24, 2.45) is 11.8 Å². The first-order valence-corrected chi connectivity index (χ1v) is 11.9. The van der Waals surface area contributed by atoms with Crippen molar-refractivity contribution in [1.82, 2.24) is 9.27 Å². The summed E-state index contributed by atoms with van der Waals surface area (Å²) in [5.41, 5.74) is 1.32. The Morgan fingerprint density at radius 3 is 2.73 bits per heavy atom. The monoisotopic (exact) mass is 392 g/mol. The molecule has 5 rings (SSSR count). The number of ketones is 1. The quantitative estimate of drug-likeness (QED) is 0.707. The van der Waals surface area contributed by atoms with Gasteiger partial charge in [-0.15, -0.1) is 0 Å². The predicted octanol–water partition coefficient (Wildman–Crippen LogP) is 3.15. The van der Waals surface area contributed by atoms with E-state index in [9.17, 15) is 13.2 Å². The summed E-state index contributed by atoms with van der Waals surface area (Å²) in [4.78, 5) is 15.3. The molecule has 2 bridgehead atoms. The molecule has 5 nitrogen and oxygen atoms in total. The minimum absolute atomic E-state index is 0.0419. The van der Waals surface area contributed by atoms with Crippen molar-refractivity contribution in [3.05, 3.63) is 29.5 Å². The van der Waals surface area contributed by atoms with Crippen LogP contribution in [-0.2, 0) is 15.6 Å². The molecule has 0 saturated carbocycles. The van der Waals surface area contributed by atoms with Gasteiger partial charge in [-0.05, 0) is 60.9 Å². The summed E-state index contributed by atoms with van der Waals surface area (Å²) in [7, 11) is -3.06. The molecule has 3 aliphatic heterocycles. The molecule has 1 aromatic heterocycles. The second kappa shape index (κ2) is 7.02. The molecule has 0 spiro atoms. The van der Waals surface area contributed by atoms with E-state index in [-0.39, 0.29) is 17.3 Å². The van der Waals surface area contributed by atoms with Crippen LogP contribution in [0.3, 0.4) is 0 Å². The van der Waals surface area contributed by atoms with Crippen molar-refractivity contribution in [3.63, 3.8) is 0 Å². The van der Waals surface area contributed by atoms with Gasteiger partial charge in [0.15, 0.2) is 15.6 Å². The Bertz CT molecular complexity index is 927. The van der Waals surface area contributed by atoms with E-state index < -0.39 is 9.84 Å². The number of aromatic nitrogens is 1. The van der Waals surface area contributed by atoms with Gasteiger partial charge in [-0.25, -0.2) is 8.42 Å². The maximum atomic E-state index is 12.9. The second-order valence-corrected chi connectivity index (χ2v) is 10.7. The summed E-state index contributed by atoms with van der Waals surface area (Å²) in [6, 6.07) is 5.55. The molecule has 4 heterocycles. The number of rotatable bonds is 6. The first kappa shape index (κ1) is 18.1. The molecule has 7 heteroatoms. The Kier molecular flexibility index (Phi) is 4.88. The molecular formula is C19H24N2O3S2. The Hall–Kier alpha value is -1.31. The van der Waals surface area contributed by atoms with Gasteiger partial charge in [0, 0.05) is 24.1 Å². The normalized spacial score (nSPS) is 25.7. The summed E-state index contributed by atoms with van der Waals surface area (Å²) in [5, 5.41) is 0.860. The molecule has 3 saturated heterocycles. The van der Waals surface area contributed by atoms with Gasteiger partial charge in [0.1, 0.15) is 5.69 Å². The molecule has 0 N–H and O–H groups in total. The largest absolute Gasteiger partial charge is 0.303 e. The summed E-state index contributed by atoms with van der Waals surface area (Å²) < 4.78 is 29.0. The van der Waals surface area contributed by atoms with E-state index in [2.05, 4.69) is 9.27 Å². The van der Waals surface area contributed by atoms with Crippen LogP contribution < -0.4 is 0 Å². The number of hydrogen-bond donors (Lipinski definition) is 0. The minimum atomic E-state index is -3.06. The van der Waals surface area contributed by atoms with Crippen molar-refractivity contribution < 1.29 is 13.2 Å². The molecular weight excluding hydrogens is 368 g/mol. The number of sulfone groups is 1. The van der Waals surface area contributed by atoms with E-state index >= 15 is 0 Å². The lowest BCUT2D eigenvalue weighted by Gasteiger charge is -2.44. The van der Waals surface area contributed by atoms with E-state index in [1.54, 1.807) is 6.92 Å². The lowest BCUT2D eigenvalue weighted by molar-refractivity contribution is 0.0440. The maximum absolute atomic E-state index is 12.9. The van der Waals surface area contributed by atoms with Crippen LogP contribution in [0.2, 0.25) is 0 Å². The van der Waals surface area contributed by atoms with Crippen LogP contribution in [0.5, 0.6) is 0 Å². The van der Waals surface area contributed by atoms with Gasteiger partial charge in [0.25, 0.3) is 0 Å². The number of Topliss-reactive ketones (excluding diaryl/α,β-unsaturated/α-hetero) is 1. The van der Waals surface area contributed by atoms with Gasteiger partial charge >= 0.3 is 0 Å². The number of carbonyl (C=O) groups excluding carboxylic acids is 1. The predicted molar refractivity (Wildman–Crippen MR) is 104 cm³/mol. The fourth-order valence-electron chi connectivity index (χ4n) is 4.28. The van der Waals surface area contributed by atoms with Crippen LogP contribution in [0, 0.1) is 11.8 Å². The topological polar surface area (TPSA) is 67.3 Å². The number of nitrogens with zero attached hydrogens (tertiary/aromatic N) is 2. The highest BCUT2D eigenvalue weighted by Gasteiger charge is 2.35. The van der Waals surface area contributed by atoms with E-state index in [0.29, 0.717) is 24.0 Å². The zero-order valence-corrected chi connectivity index (χ0v) is 16.6. The Morgan fingerprint density at radius 1 is 1.31 bits per heavy atom. The Morgan fingerprint density at radius 2 is 2.08 bits per heavy atom. The third kappa shape index (κ3) is 3.57. The average Bonchev–Trinajstić information content (AvgIpc) is 3.06. The second-order valence-electron chi connectivity index (χ2n) is 7.56. The minimum Gasteiger partial charge on any atom is -0.303 e. The fraction of sp³-hybridized carbons (Fsp3) is 0.579. The first-order valence-electron chi connectivity index (χ1n) is 9.29. The molecule has 0 radical (unpaired) electrons. The summed E-state index contributed by atoms with van der Waals surface area (Å²) in [6.07, 6.45) is 3.00. The zero-order chi connectivity index (χ0) is 18.3. The lowest BCUT2D eigenvalue weighted by atomic mass is 9.76. The van der Waals surface area contributed by atoms with Crippen molar-refractivity contribution in [2.45, 2.75) is 31.9 Å². The molecule has 0 aliphatic carbocycles. The molecule has 0 amide bonds. The first-order chi connectivity index (χ1) is 12.4. The Labute approximate surface area is 158 Å². The standard InChI is InChI=1S/C19H24N2O3S2/c1-2-26(23,24)12-13-3-4-16-18(9-13)25-20-19(16)17(22)10-15-11-21-7-5-14(15)6-8-21/h3-4,9,14-15H,2,5-8,10-12H2,1H3/t15-/m1/s1. The number of piperidine rings is 3. The summed E-state index contributed by atoms with van der Waals surface area (Å²) in [6.45, 7) is 5.06. The third-order valence-electron chi connectivity index (χ3n) is 5.87. The van der Waals surface area contributed by atoms with Gasteiger partial charge in [0.05, 0.1) is 10.5 Å². The van der Waals surface area contributed by atoms with Crippen LogP contribution in [-0.4, -0.2) is 48.9 Å². The number of carbonyl (C=O) groups is 1. The molecule has 0 unspecified atom stereocenters. The van der Waals surface area contributed by atoms with Crippen LogP contribution in [0.15, 0.2) is 18.2 Å². The van der Waals surface area contributed by atoms with Crippen molar-refractivity contribution in [1.29, 1.82) is 0 Å². The van der Waals surface area contributed by atoms with Crippen molar-refractivity contribution in [2.75, 3.05) is 25.4 Å². The lowest BCUT2D eigenvalue weighted by Crippen LogP contribution is -2.47. The zero-order valence-electron chi connectivity index (χ0n) is 15.0. The highest BCUT2D eigenvalue weighted by atomic mass is 32.2.